The molecule has 1 aromatic heterocycles. The van der Waals surface area contributed by atoms with Crippen LogP contribution in [0.3, 0.4) is 0 Å². The molecule has 0 aliphatic carbocycles. The molecular formula is C21H15ClF2N4O2. The van der Waals surface area contributed by atoms with Gasteiger partial charge in [-0.2, -0.15) is 5.26 Å². The summed E-state index contributed by atoms with van der Waals surface area (Å²) in [6.07, 6.45) is 0. The molecule has 1 amide bonds. The van der Waals surface area contributed by atoms with Crippen molar-refractivity contribution in [1.29, 1.82) is 5.26 Å². The lowest BCUT2D eigenvalue weighted by Crippen LogP contribution is -2.49. The van der Waals surface area contributed by atoms with E-state index >= 15 is 4.39 Å². The Morgan fingerprint density at radius 3 is 2.63 bits per heavy atom. The van der Waals surface area contributed by atoms with Crippen molar-refractivity contribution < 1.29 is 13.6 Å². The molecule has 0 spiro atoms. The average molecular weight is 429 g/mol. The van der Waals surface area contributed by atoms with Crippen molar-refractivity contribution in [3.05, 3.63) is 62.8 Å². The van der Waals surface area contributed by atoms with Gasteiger partial charge in [-0.3, -0.25) is 9.59 Å². The molecule has 1 fully saturated rings. The number of nitriles is 1. The molecule has 2 aromatic carbocycles. The van der Waals surface area contributed by atoms with Crippen molar-refractivity contribution in [2.75, 3.05) is 31.6 Å². The van der Waals surface area contributed by atoms with E-state index in [1.165, 1.54) is 28.0 Å². The number of amides is 1. The van der Waals surface area contributed by atoms with Gasteiger partial charge in [0.2, 0.25) is 5.91 Å². The number of carbonyl (C=O) groups excluding carboxylic acids is 1. The number of halogens is 3. The van der Waals surface area contributed by atoms with Gasteiger partial charge < -0.3 is 14.8 Å². The fraction of sp³-hybridized carbons (Fsp3) is 0.190. The molecule has 9 heteroatoms. The number of nitrogens with zero attached hydrogens (tertiary/aromatic N) is 3. The normalized spacial score (nSPS) is 14.3. The molecule has 4 rings (SSSR count). The third-order valence-electron chi connectivity index (χ3n) is 5.14. The van der Waals surface area contributed by atoms with E-state index in [0.29, 0.717) is 17.7 Å². The third kappa shape index (κ3) is 3.27. The van der Waals surface area contributed by atoms with Crippen LogP contribution in [0.2, 0.25) is 5.02 Å². The fourth-order valence-electron chi connectivity index (χ4n) is 3.52. The van der Waals surface area contributed by atoms with Gasteiger partial charge in [-0.1, -0.05) is 11.6 Å². The van der Waals surface area contributed by atoms with E-state index in [0.717, 1.165) is 12.1 Å². The Morgan fingerprint density at radius 2 is 1.93 bits per heavy atom. The molecule has 0 bridgehead atoms. The van der Waals surface area contributed by atoms with Gasteiger partial charge in [-0.25, -0.2) is 8.78 Å². The molecule has 6 nitrogen and oxygen atoms in total. The van der Waals surface area contributed by atoms with E-state index in [1.807, 2.05) is 6.07 Å². The van der Waals surface area contributed by atoms with Crippen LogP contribution < -0.4 is 10.3 Å². The lowest BCUT2D eigenvalue weighted by Gasteiger charge is -2.33. The second kappa shape index (κ2) is 7.43. The Labute approximate surface area is 174 Å². The van der Waals surface area contributed by atoms with Crippen LogP contribution in [-0.2, 0) is 4.79 Å². The summed E-state index contributed by atoms with van der Waals surface area (Å²) in [5.74, 6) is -2.18. The van der Waals surface area contributed by atoms with E-state index in [1.54, 1.807) is 7.05 Å². The summed E-state index contributed by atoms with van der Waals surface area (Å²) in [5.41, 5.74) is -0.193. The summed E-state index contributed by atoms with van der Waals surface area (Å²) < 4.78 is 30.1. The van der Waals surface area contributed by atoms with Gasteiger partial charge in [-0.15, -0.1) is 0 Å². The number of aromatic nitrogens is 1. The van der Waals surface area contributed by atoms with Crippen LogP contribution in [0.1, 0.15) is 5.56 Å². The summed E-state index contributed by atoms with van der Waals surface area (Å²) in [6.45, 7) is 0.384. The molecule has 2 heterocycles. The first-order valence-corrected chi connectivity index (χ1v) is 9.42. The van der Waals surface area contributed by atoms with Crippen molar-refractivity contribution in [2.45, 2.75) is 0 Å². The number of rotatable bonds is 2. The number of H-pyrrole nitrogens is 1. The highest BCUT2D eigenvalue weighted by atomic mass is 35.5. The average Bonchev–Trinajstić information content (AvgIpc) is 2.70. The molecule has 0 saturated carbocycles. The summed E-state index contributed by atoms with van der Waals surface area (Å²) in [5, 5.41) is 9.06. The van der Waals surface area contributed by atoms with Crippen LogP contribution in [0.25, 0.3) is 22.2 Å². The van der Waals surface area contributed by atoms with Crippen molar-refractivity contribution in [1.82, 2.24) is 9.88 Å². The van der Waals surface area contributed by atoms with Crippen molar-refractivity contribution in [3.63, 3.8) is 0 Å². The zero-order chi connectivity index (χ0) is 21.6. The maximum Gasteiger partial charge on any atom is 0.241 e. The molecular weight excluding hydrogens is 414 g/mol. The Hall–Kier alpha value is -3.44. The first kappa shape index (κ1) is 19.9. The maximum atomic E-state index is 15.2. The van der Waals surface area contributed by atoms with Crippen LogP contribution in [0.5, 0.6) is 0 Å². The molecule has 1 saturated heterocycles. The Balaban J connectivity index is 1.88. The minimum absolute atomic E-state index is 0.0462. The number of carbonyl (C=O) groups is 1. The monoisotopic (exact) mass is 428 g/mol. The number of fused-ring (bicyclic) bond motifs is 1. The van der Waals surface area contributed by atoms with Crippen molar-refractivity contribution in [2.24, 2.45) is 0 Å². The first-order chi connectivity index (χ1) is 14.3. The highest BCUT2D eigenvalue weighted by Gasteiger charge is 2.28. The molecule has 1 aliphatic heterocycles. The van der Waals surface area contributed by atoms with Gasteiger partial charge in [0.05, 0.1) is 34.8 Å². The molecule has 0 atom stereocenters. The standard InChI is InChI=1S/C21H15ClF2N4O2/c1-27-4-5-28(10-18(27)30)21-14(23)7-16-19(20(21)24)17(29)8-15(26-16)12-6-11(9-25)2-3-13(12)22/h2-3,6-8H,4-5,10H2,1H3,(H,26,29). The van der Waals surface area contributed by atoms with Crippen LogP contribution in [0, 0.1) is 23.0 Å². The number of benzene rings is 2. The topological polar surface area (TPSA) is 80.2 Å². The van der Waals surface area contributed by atoms with E-state index in [-0.39, 0.29) is 40.6 Å². The molecule has 0 radical (unpaired) electrons. The van der Waals surface area contributed by atoms with Crippen molar-refractivity contribution in [3.8, 4) is 17.3 Å². The summed E-state index contributed by atoms with van der Waals surface area (Å²) in [6, 6.07) is 8.68. The number of nitrogens with one attached hydrogen (secondary N) is 1. The van der Waals surface area contributed by atoms with Crippen LogP contribution in [0.4, 0.5) is 14.5 Å². The summed E-state index contributed by atoms with van der Waals surface area (Å²) in [4.78, 5) is 30.3. The van der Waals surface area contributed by atoms with E-state index in [4.69, 9.17) is 16.9 Å². The van der Waals surface area contributed by atoms with Crippen LogP contribution in [0.15, 0.2) is 35.1 Å². The highest BCUT2D eigenvalue weighted by Crippen LogP contribution is 2.32. The predicted molar refractivity (Wildman–Crippen MR) is 109 cm³/mol. The first-order valence-electron chi connectivity index (χ1n) is 9.04. The molecule has 1 aliphatic rings. The second-order valence-corrected chi connectivity index (χ2v) is 7.44. The van der Waals surface area contributed by atoms with E-state index in [9.17, 15) is 14.0 Å². The molecule has 30 heavy (non-hydrogen) atoms. The largest absolute Gasteiger partial charge is 0.356 e. The van der Waals surface area contributed by atoms with Gasteiger partial charge in [0.25, 0.3) is 0 Å². The molecule has 0 unspecified atom stereocenters. The smallest absolute Gasteiger partial charge is 0.241 e. The minimum Gasteiger partial charge on any atom is -0.356 e. The maximum absolute atomic E-state index is 15.2. The van der Waals surface area contributed by atoms with E-state index < -0.39 is 22.8 Å². The van der Waals surface area contributed by atoms with Gasteiger partial charge in [-0.05, 0) is 18.2 Å². The van der Waals surface area contributed by atoms with Gasteiger partial charge in [0, 0.05) is 42.9 Å². The SMILES string of the molecule is CN1CCN(c2c(F)cc3[nH]c(-c4cc(C#N)ccc4Cl)cc(=O)c3c2F)CC1=O. The lowest BCUT2D eigenvalue weighted by atomic mass is 10.1. The molecule has 1 N–H and O–H groups in total. The Bertz CT molecular complexity index is 1300. The Kier molecular flexibility index (Phi) is 4.92. The van der Waals surface area contributed by atoms with Crippen LogP contribution in [-0.4, -0.2) is 42.5 Å². The molecule has 3 aromatic rings. The second-order valence-electron chi connectivity index (χ2n) is 7.03. The zero-order valence-corrected chi connectivity index (χ0v) is 16.6. The predicted octanol–water partition coefficient (Wildman–Crippen LogP) is 3.28. The number of piperazine rings is 1. The summed E-state index contributed by atoms with van der Waals surface area (Å²) >= 11 is 6.18. The number of aromatic amines is 1. The minimum atomic E-state index is -1.02. The van der Waals surface area contributed by atoms with Gasteiger partial charge in [0.15, 0.2) is 17.1 Å². The van der Waals surface area contributed by atoms with Gasteiger partial charge >= 0.3 is 0 Å². The molecule has 152 valence electrons. The fourth-order valence-corrected chi connectivity index (χ4v) is 3.74. The quantitative estimate of drug-likeness (QED) is 0.679. The lowest BCUT2D eigenvalue weighted by molar-refractivity contribution is -0.129. The number of likely N-dealkylation sites (N-methyl/N-ethyl adjacent to an activating group) is 1. The van der Waals surface area contributed by atoms with Crippen molar-refractivity contribution >= 4 is 34.1 Å². The Morgan fingerprint density at radius 1 is 1.17 bits per heavy atom. The number of pyridine rings is 1. The number of hydrogen-bond donors (Lipinski definition) is 1. The number of anilines is 1. The third-order valence-corrected chi connectivity index (χ3v) is 5.47. The highest BCUT2D eigenvalue weighted by molar-refractivity contribution is 6.33. The van der Waals surface area contributed by atoms with Crippen LogP contribution >= 0.6 is 11.6 Å². The summed E-state index contributed by atoms with van der Waals surface area (Å²) in [7, 11) is 1.62. The number of hydrogen-bond acceptors (Lipinski definition) is 4. The van der Waals surface area contributed by atoms with Gasteiger partial charge in [0.1, 0.15) is 5.69 Å². The zero-order valence-electron chi connectivity index (χ0n) is 15.8. The van der Waals surface area contributed by atoms with E-state index in [2.05, 4.69) is 4.98 Å².